The van der Waals surface area contributed by atoms with E-state index in [0.29, 0.717) is 18.4 Å². The number of ketones is 1. The molecule has 0 spiro atoms. The van der Waals surface area contributed by atoms with Gasteiger partial charge in [0.25, 0.3) is 0 Å². The maximum absolute atomic E-state index is 11.9. The van der Waals surface area contributed by atoms with Gasteiger partial charge in [0.15, 0.2) is 0 Å². The SMILES string of the molecule is CCCC(C)(C)C.CCOC(=O)C(N)C1CCCC(=O)C1N1CC1. The normalized spacial score (nSPS) is 25.5. The molecule has 0 amide bonds. The second-order valence-electron chi connectivity index (χ2n) is 8.09. The van der Waals surface area contributed by atoms with Crippen LogP contribution in [-0.2, 0) is 14.3 Å². The van der Waals surface area contributed by atoms with Gasteiger partial charge in [-0.25, -0.2) is 0 Å². The summed E-state index contributed by atoms with van der Waals surface area (Å²) < 4.78 is 4.95. The van der Waals surface area contributed by atoms with E-state index in [2.05, 4.69) is 32.6 Å². The third kappa shape index (κ3) is 6.89. The van der Waals surface area contributed by atoms with Gasteiger partial charge in [-0.3, -0.25) is 14.5 Å². The van der Waals surface area contributed by atoms with E-state index in [0.717, 1.165) is 25.9 Å². The van der Waals surface area contributed by atoms with Crippen molar-refractivity contribution in [3.05, 3.63) is 0 Å². The second-order valence-corrected chi connectivity index (χ2v) is 8.09. The molecule has 5 nitrogen and oxygen atoms in total. The van der Waals surface area contributed by atoms with Crippen molar-refractivity contribution in [1.82, 2.24) is 4.90 Å². The summed E-state index contributed by atoms with van der Waals surface area (Å²) in [5, 5.41) is 0. The Morgan fingerprint density at radius 1 is 1.33 bits per heavy atom. The number of ether oxygens (including phenoxy) is 1. The molecule has 2 rings (SSSR count). The van der Waals surface area contributed by atoms with Crippen LogP contribution in [0, 0.1) is 11.3 Å². The molecule has 2 aliphatic rings. The van der Waals surface area contributed by atoms with Crippen LogP contribution < -0.4 is 5.73 Å². The number of nitrogens with zero attached hydrogens (tertiary/aromatic N) is 1. The molecule has 0 radical (unpaired) electrons. The van der Waals surface area contributed by atoms with Crippen LogP contribution in [-0.4, -0.2) is 48.4 Å². The second kappa shape index (κ2) is 9.52. The molecule has 1 saturated carbocycles. The fraction of sp³-hybridized carbons (Fsp3) is 0.895. The van der Waals surface area contributed by atoms with E-state index in [1.54, 1.807) is 6.92 Å². The monoisotopic (exact) mass is 340 g/mol. The summed E-state index contributed by atoms with van der Waals surface area (Å²) in [5.41, 5.74) is 6.49. The third-order valence-corrected chi connectivity index (χ3v) is 4.59. The Bertz CT molecular complexity index is 413. The molecular weight excluding hydrogens is 304 g/mol. The molecule has 1 aliphatic heterocycles. The van der Waals surface area contributed by atoms with E-state index in [1.165, 1.54) is 12.8 Å². The smallest absolute Gasteiger partial charge is 0.323 e. The van der Waals surface area contributed by atoms with Gasteiger partial charge in [-0.05, 0) is 31.6 Å². The van der Waals surface area contributed by atoms with Crippen molar-refractivity contribution >= 4 is 11.8 Å². The van der Waals surface area contributed by atoms with E-state index in [1.807, 2.05) is 0 Å². The summed E-state index contributed by atoms with van der Waals surface area (Å²) in [6.45, 7) is 13.0. The maximum Gasteiger partial charge on any atom is 0.323 e. The number of carbonyl (C=O) groups is 2. The molecule has 2 N–H and O–H groups in total. The predicted octanol–water partition coefficient (Wildman–Crippen LogP) is 2.76. The van der Waals surface area contributed by atoms with Gasteiger partial charge in [-0.2, -0.15) is 0 Å². The Morgan fingerprint density at radius 2 is 1.96 bits per heavy atom. The standard InChI is InChI=1S/C12H20N2O3.C7H16/c1-2-17-12(16)10(13)8-4-3-5-9(15)11(8)14-6-7-14;1-5-6-7(2,3)4/h8,10-11H,2-7,13H2,1H3;5-6H2,1-4H3. The first-order valence-corrected chi connectivity index (χ1v) is 9.40. The molecule has 3 unspecified atom stereocenters. The van der Waals surface area contributed by atoms with Gasteiger partial charge in [0, 0.05) is 25.4 Å². The summed E-state index contributed by atoms with van der Waals surface area (Å²) >= 11 is 0. The lowest BCUT2D eigenvalue weighted by Gasteiger charge is -2.34. The van der Waals surface area contributed by atoms with Gasteiger partial charge in [-0.1, -0.05) is 34.1 Å². The average molecular weight is 341 g/mol. The predicted molar refractivity (Wildman–Crippen MR) is 96.7 cm³/mol. The Labute approximate surface area is 147 Å². The van der Waals surface area contributed by atoms with Crippen LogP contribution in [0.5, 0.6) is 0 Å². The molecule has 0 aromatic carbocycles. The fourth-order valence-corrected chi connectivity index (χ4v) is 3.41. The van der Waals surface area contributed by atoms with Crippen molar-refractivity contribution in [1.29, 1.82) is 0 Å². The lowest BCUT2D eigenvalue weighted by molar-refractivity contribution is -0.147. The molecule has 140 valence electrons. The van der Waals surface area contributed by atoms with Crippen LogP contribution in [0.15, 0.2) is 0 Å². The van der Waals surface area contributed by atoms with Crippen LogP contribution in [0.1, 0.15) is 66.7 Å². The molecule has 1 heterocycles. The van der Waals surface area contributed by atoms with Crippen molar-refractivity contribution in [2.24, 2.45) is 17.1 Å². The first-order valence-electron chi connectivity index (χ1n) is 9.40. The molecule has 2 fully saturated rings. The lowest BCUT2D eigenvalue weighted by atomic mass is 9.79. The minimum absolute atomic E-state index is 0.0715. The molecule has 1 aliphatic carbocycles. The third-order valence-electron chi connectivity index (χ3n) is 4.59. The summed E-state index contributed by atoms with van der Waals surface area (Å²) in [7, 11) is 0. The van der Waals surface area contributed by atoms with Gasteiger partial charge in [0.2, 0.25) is 0 Å². The summed E-state index contributed by atoms with van der Waals surface area (Å²) in [6, 6.07) is -0.812. The highest BCUT2D eigenvalue weighted by Gasteiger charge is 2.45. The van der Waals surface area contributed by atoms with Gasteiger partial charge in [0.05, 0.1) is 12.6 Å². The average Bonchev–Trinajstić information content (AvgIpc) is 3.30. The number of esters is 1. The number of hydrogen-bond donors (Lipinski definition) is 1. The van der Waals surface area contributed by atoms with Crippen LogP contribution in [0.25, 0.3) is 0 Å². The van der Waals surface area contributed by atoms with E-state index in [4.69, 9.17) is 10.5 Å². The van der Waals surface area contributed by atoms with Crippen LogP contribution in [0.3, 0.4) is 0 Å². The molecule has 0 aromatic rings. The van der Waals surface area contributed by atoms with Gasteiger partial charge >= 0.3 is 5.97 Å². The highest BCUT2D eigenvalue weighted by molar-refractivity contribution is 5.87. The minimum atomic E-state index is -0.662. The maximum atomic E-state index is 11.9. The minimum Gasteiger partial charge on any atom is -0.465 e. The number of carbonyl (C=O) groups excluding carboxylic acids is 2. The van der Waals surface area contributed by atoms with E-state index >= 15 is 0 Å². The van der Waals surface area contributed by atoms with Crippen molar-refractivity contribution < 1.29 is 14.3 Å². The van der Waals surface area contributed by atoms with Crippen LogP contribution in [0.4, 0.5) is 0 Å². The molecule has 24 heavy (non-hydrogen) atoms. The Hall–Kier alpha value is -0.940. The lowest BCUT2D eigenvalue weighted by Crippen LogP contribution is -2.52. The highest BCUT2D eigenvalue weighted by Crippen LogP contribution is 2.31. The van der Waals surface area contributed by atoms with Crippen LogP contribution in [0.2, 0.25) is 0 Å². The highest BCUT2D eigenvalue weighted by atomic mass is 16.5. The number of nitrogens with two attached hydrogens (primary N) is 1. The van der Waals surface area contributed by atoms with Crippen molar-refractivity contribution in [2.75, 3.05) is 19.7 Å². The summed E-state index contributed by atoms with van der Waals surface area (Å²) in [5.74, 6) is -0.213. The molecule has 0 bridgehead atoms. The van der Waals surface area contributed by atoms with Gasteiger partial charge in [-0.15, -0.1) is 0 Å². The Morgan fingerprint density at radius 3 is 2.38 bits per heavy atom. The zero-order valence-corrected chi connectivity index (χ0v) is 16.1. The molecule has 5 heteroatoms. The molecule has 3 atom stereocenters. The molecule has 0 aromatic heterocycles. The topological polar surface area (TPSA) is 72.4 Å². The largest absolute Gasteiger partial charge is 0.465 e. The zero-order chi connectivity index (χ0) is 18.3. The van der Waals surface area contributed by atoms with Crippen LogP contribution >= 0.6 is 0 Å². The first kappa shape index (κ1) is 21.1. The van der Waals surface area contributed by atoms with Crippen molar-refractivity contribution in [3.8, 4) is 0 Å². The van der Waals surface area contributed by atoms with Crippen molar-refractivity contribution in [3.63, 3.8) is 0 Å². The van der Waals surface area contributed by atoms with E-state index < -0.39 is 6.04 Å². The first-order chi connectivity index (χ1) is 11.2. The van der Waals surface area contributed by atoms with Crippen molar-refractivity contribution in [2.45, 2.75) is 78.8 Å². The van der Waals surface area contributed by atoms with Gasteiger partial charge < -0.3 is 10.5 Å². The van der Waals surface area contributed by atoms with E-state index in [-0.39, 0.29) is 23.7 Å². The summed E-state index contributed by atoms with van der Waals surface area (Å²) in [4.78, 5) is 25.7. The zero-order valence-electron chi connectivity index (χ0n) is 16.1. The molecule has 1 saturated heterocycles. The Balaban J connectivity index is 0.000000351. The fourth-order valence-electron chi connectivity index (χ4n) is 3.41. The Kier molecular flexibility index (Phi) is 8.37. The van der Waals surface area contributed by atoms with E-state index in [9.17, 15) is 9.59 Å². The van der Waals surface area contributed by atoms with Gasteiger partial charge in [0.1, 0.15) is 11.8 Å². The quantitative estimate of drug-likeness (QED) is 0.615. The summed E-state index contributed by atoms with van der Waals surface area (Å²) in [6.07, 6.45) is 4.94. The molecular formula is C19H36N2O3. The number of hydrogen-bond acceptors (Lipinski definition) is 5. The number of rotatable bonds is 5. The number of Topliss-reactive ketones (excluding diaryl/α,β-unsaturated/α-hetero) is 1.